The first kappa shape index (κ1) is 20.4. The summed E-state index contributed by atoms with van der Waals surface area (Å²) < 4.78 is 0. The third-order valence-electron chi connectivity index (χ3n) is 4.50. The third-order valence-corrected chi connectivity index (χ3v) is 4.75. The van der Waals surface area contributed by atoms with Gasteiger partial charge in [0.15, 0.2) is 0 Å². The highest BCUT2D eigenvalue weighted by atomic mass is 35.5. The second-order valence-electron chi connectivity index (χ2n) is 6.30. The summed E-state index contributed by atoms with van der Waals surface area (Å²) in [5.74, 6) is 0.0391. The Hall–Kier alpha value is -1.88. The van der Waals surface area contributed by atoms with Crippen molar-refractivity contribution in [3.8, 4) is 0 Å². The number of halogens is 1. The van der Waals surface area contributed by atoms with Crippen molar-refractivity contribution in [2.45, 2.75) is 32.4 Å². The molecule has 3 N–H and O–H groups in total. The number of carbonyl (C=O) groups is 1. The largest absolute Gasteiger partial charge is 0.351 e. The molecule has 0 aliphatic carbocycles. The lowest BCUT2D eigenvalue weighted by Crippen LogP contribution is -2.48. The second kappa shape index (κ2) is 11.0. The van der Waals surface area contributed by atoms with Crippen LogP contribution in [0, 0.1) is 0 Å². The summed E-state index contributed by atoms with van der Waals surface area (Å²) >= 11 is 5.94. The number of carbonyl (C=O) groups excluding carboxylic acids is 1. The van der Waals surface area contributed by atoms with Gasteiger partial charge in [-0.1, -0.05) is 61.0 Å². The predicted molar refractivity (Wildman–Crippen MR) is 108 cm³/mol. The molecule has 0 aromatic heterocycles. The molecule has 0 aliphatic heterocycles. The highest BCUT2D eigenvalue weighted by molar-refractivity contribution is 6.30. The first-order valence-corrected chi connectivity index (χ1v) is 9.52. The van der Waals surface area contributed by atoms with E-state index >= 15 is 0 Å². The summed E-state index contributed by atoms with van der Waals surface area (Å²) in [4.78, 5) is 14.9. The number of benzene rings is 2. The number of hydrogen-bond acceptors (Lipinski definition) is 3. The highest BCUT2D eigenvalue weighted by Gasteiger charge is 2.23. The second-order valence-corrected chi connectivity index (χ2v) is 6.74. The van der Waals surface area contributed by atoms with E-state index in [0.29, 0.717) is 19.5 Å². The zero-order valence-corrected chi connectivity index (χ0v) is 16.1. The Kier molecular flexibility index (Phi) is 8.62. The van der Waals surface area contributed by atoms with Gasteiger partial charge in [0, 0.05) is 18.1 Å². The summed E-state index contributed by atoms with van der Waals surface area (Å²) in [5.41, 5.74) is 8.08. The molecule has 0 fully saturated rings. The smallest absolute Gasteiger partial charge is 0.237 e. The Labute approximate surface area is 161 Å². The van der Waals surface area contributed by atoms with Crippen LogP contribution in [0.1, 0.15) is 24.5 Å². The van der Waals surface area contributed by atoms with Crippen LogP contribution in [-0.2, 0) is 17.8 Å². The van der Waals surface area contributed by atoms with Crippen molar-refractivity contribution in [2.75, 3.05) is 19.6 Å². The lowest BCUT2D eigenvalue weighted by molar-refractivity contribution is -0.126. The Morgan fingerprint density at radius 3 is 2.42 bits per heavy atom. The van der Waals surface area contributed by atoms with Crippen LogP contribution in [0.4, 0.5) is 0 Å². The van der Waals surface area contributed by atoms with Crippen LogP contribution in [0.5, 0.6) is 0 Å². The summed E-state index contributed by atoms with van der Waals surface area (Å²) in [6, 6.07) is 17.6. The Balaban J connectivity index is 1.94. The minimum absolute atomic E-state index is 0.0391. The fourth-order valence-electron chi connectivity index (χ4n) is 3.00. The zero-order valence-electron chi connectivity index (χ0n) is 15.3. The average Bonchev–Trinajstić information content (AvgIpc) is 2.68. The maximum absolute atomic E-state index is 12.7. The molecule has 0 aliphatic rings. The van der Waals surface area contributed by atoms with Gasteiger partial charge >= 0.3 is 0 Å². The third kappa shape index (κ3) is 6.45. The fourth-order valence-corrected chi connectivity index (χ4v) is 3.12. The van der Waals surface area contributed by atoms with Gasteiger partial charge in [-0.3, -0.25) is 9.69 Å². The number of rotatable bonds is 10. The average molecular weight is 374 g/mol. The van der Waals surface area contributed by atoms with Crippen molar-refractivity contribution in [3.05, 3.63) is 70.7 Å². The van der Waals surface area contributed by atoms with E-state index in [-0.39, 0.29) is 11.9 Å². The summed E-state index contributed by atoms with van der Waals surface area (Å²) in [6.07, 6.45) is 1.52. The van der Waals surface area contributed by atoms with Gasteiger partial charge in [0.05, 0.1) is 6.04 Å². The van der Waals surface area contributed by atoms with Gasteiger partial charge in [0.2, 0.25) is 5.91 Å². The van der Waals surface area contributed by atoms with Crippen LogP contribution in [0.3, 0.4) is 0 Å². The van der Waals surface area contributed by atoms with E-state index in [2.05, 4.69) is 17.1 Å². The molecular weight excluding hydrogens is 346 g/mol. The van der Waals surface area contributed by atoms with Gasteiger partial charge in [0.25, 0.3) is 0 Å². The number of hydrogen-bond donors (Lipinski definition) is 2. The van der Waals surface area contributed by atoms with E-state index in [4.69, 9.17) is 17.3 Å². The molecule has 0 radical (unpaired) electrons. The van der Waals surface area contributed by atoms with Crippen molar-refractivity contribution >= 4 is 17.5 Å². The van der Waals surface area contributed by atoms with Crippen LogP contribution in [0.15, 0.2) is 54.6 Å². The molecule has 2 rings (SSSR count). The molecule has 0 saturated carbocycles. The molecule has 2 aromatic rings. The van der Waals surface area contributed by atoms with Crippen LogP contribution >= 0.6 is 11.6 Å². The number of likely N-dealkylation sites (N-methyl/N-ethyl adjacent to an activating group) is 1. The van der Waals surface area contributed by atoms with Gasteiger partial charge < -0.3 is 11.1 Å². The van der Waals surface area contributed by atoms with Crippen molar-refractivity contribution in [1.82, 2.24) is 10.2 Å². The van der Waals surface area contributed by atoms with E-state index < -0.39 is 0 Å². The number of nitrogens with two attached hydrogens (primary N) is 1. The summed E-state index contributed by atoms with van der Waals surface area (Å²) in [7, 11) is 0. The molecule has 0 spiro atoms. The molecule has 1 atom stereocenters. The SMILES string of the molecule is CCN(CCc1ccc(Cl)cc1)C(CCN)C(=O)NCc1ccccc1. The first-order valence-electron chi connectivity index (χ1n) is 9.14. The molecule has 140 valence electrons. The minimum atomic E-state index is -0.207. The highest BCUT2D eigenvalue weighted by Crippen LogP contribution is 2.12. The summed E-state index contributed by atoms with van der Waals surface area (Å²) in [6.45, 7) is 4.71. The van der Waals surface area contributed by atoms with Crippen LogP contribution in [0.2, 0.25) is 5.02 Å². The summed E-state index contributed by atoms with van der Waals surface area (Å²) in [5, 5.41) is 3.79. The molecule has 0 bridgehead atoms. The molecular formula is C21H28ClN3O. The van der Waals surface area contributed by atoms with Gasteiger partial charge in [-0.25, -0.2) is 0 Å². The van der Waals surface area contributed by atoms with E-state index in [1.54, 1.807) is 0 Å². The zero-order chi connectivity index (χ0) is 18.8. The molecule has 1 unspecified atom stereocenters. The monoisotopic (exact) mass is 373 g/mol. The maximum atomic E-state index is 12.7. The quantitative estimate of drug-likeness (QED) is 0.672. The molecule has 2 aromatic carbocycles. The number of nitrogens with zero attached hydrogens (tertiary/aromatic N) is 1. The first-order chi connectivity index (χ1) is 12.6. The minimum Gasteiger partial charge on any atom is -0.351 e. The lowest BCUT2D eigenvalue weighted by Gasteiger charge is -2.29. The van der Waals surface area contributed by atoms with Gasteiger partial charge in [-0.2, -0.15) is 0 Å². The molecule has 4 nitrogen and oxygen atoms in total. The molecule has 5 heteroatoms. The predicted octanol–water partition coefficient (Wildman–Crippen LogP) is 3.24. The van der Waals surface area contributed by atoms with Crippen LogP contribution in [-0.4, -0.2) is 36.5 Å². The van der Waals surface area contributed by atoms with Crippen molar-refractivity contribution in [3.63, 3.8) is 0 Å². The van der Waals surface area contributed by atoms with Gasteiger partial charge in [-0.15, -0.1) is 0 Å². The Bertz CT molecular complexity index is 661. The molecule has 26 heavy (non-hydrogen) atoms. The molecule has 0 heterocycles. The van der Waals surface area contributed by atoms with Gasteiger partial charge in [-0.05, 0) is 49.2 Å². The van der Waals surface area contributed by atoms with E-state index in [1.165, 1.54) is 5.56 Å². The normalized spacial score (nSPS) is 12.2. The van der Waals surface area contributed by atoms with Crippen LogP contribution in [0.25, 0.3) is 0 Å². The Morgan fingerprint density at radius 1 is 1.12 bits per heavy atom. The fraction of sp³-hybridized carbons (Fsp3) is 0.381. The van der Waals surface area contributed by atoms with Crippen molar-refractivity contribution in [1.29, 1.82) is 0 Å². The van der Waals surface area contributed by atoms with E-state index in [1.807, 2.05) is 54.6 Å². The topological polar surface area (TPSA) is 58.4 Å². The number of amides is 1. The lowest BCUT2D eigenvalue weighted by atomic mass is 10.1. The van der Waals surface area contributed by atoms with E-state index in [9.17, 15) is 4.79 Å². The van der Waals surface area contributed by atoms with Crippen LogP contribution < -0.4 is 11.1 Å². The molecule has 1 amide bonds. The molecule has 0 saturated heterocycles. The van der Waals surface area contributed by atoms with Crippen molar-refractivity contribution in [2.24, 2.45) is 5.73 Å². The number of nitrogens with one attached hydrogen (secondary N) is 1. The van der Waals surface area contributed by atoms with E-state index in [0.717, 1.165) is 30.1 Å². The standard InChI is InChI=1S/C21H28ClN3O/c1-2-25(15-13-17-8-10-19(22)11-9-17)20(12-14-23)21(26)24-16-18-6-4-3-5-7-18/h3-11,20H,2,12-16,23H2,1H3,(H,24,26). The Morgan fingerprint density at radius 2 is 1.81 bits per heavy atom. The maximum Gasteiger partial charge on any atom is 0.237 e. The van der Waals surface area contributed by atoms with Gasteiger partial charge in [0.1, 0.15) is 0 Å². The van der Waals surface area contributed by atoms with Crippen molar-refractivity contribution < 1.29 is 4.79 Å².